The monoisotopic (exact) mass is 555 g/mol. The molecule has 0 radical (unpaired) electrons. The van der Waals surface area contributed by atoms with Gasteiger partial charge in [0, 0.05) is 31.4 Å². The maximum absolute atomic E-state index is 13.3. The van der Waals surface area contributed by atoms with E-state index in [0.717, 1.165) is 11.8 Å². The van der Waals surface area contributed by atoms with Crippen LogP contribution in [-0.2, 0) is 17.7 Å². The first-order valence-corrected chi connectivity index (χ1v) is 12.3. The molecule has 2 aromatic carbocycles. The summed E-state index contributed by atoms with van der Waals surface area (Å²) in [5.74, 6) is 0.0780. The van der Waals surface area contributed by atoms with E-state index >= 15 is 0 Å². The molecule has 0 bridgehead atoms. The van der Waals surface area contributed by atoms with Gasteiger partial charge in [-0.3, -0.25) is 9.97 Å². The van der Waals surface area contributed by atoms with Gasteiger partial charge in [0.15, 0.2) is 11.5 Å². The lowest BCUT2D eigenvalue weighted by molar-refractivity contribution is 0.0297. The Kier molecular flexibility index (Phi) is 8.99. The Hall–Kier alpha value is -3.88. The molecule has 0 saturated carbocycles. The largest absolute Gasteiger partial charge is 0.493 e. The molecule has 38 heavy (non-hydrogen) atoms. The second kappa shape index (κ2) is 12.6. The van der Waals surface area contributed by atoms with E-state index in [1.807, 2.05) is 0 Å². The quantitative estimate of drug-likeness (QED) is 0.218. The number of anilines is 1. The zero-order valence-corrected chi connectivity index (χ0v) is 22.1. The van der Waals surface area contributed by atoms with Crippen molar-refractivity contribution in [3.8, 4) is 11.5 Å². The summed E-state index contributed by atoms with van der Waals surface area (Å²) in [6.45, 7) is 0.424. The smallest absolute Gasteiger partial charge is 0.338 e. The van der Waals surface area contributed by atoms with Gasteiger partial charge in [-0.2, -0.15) is 0 Å². The number of carbonyl (C=O) groups excluding carboxylic acids is 1. The van der Waals surface area contributed by atoms with Crippen LogP contribution in [0, 0.1) is 5.82 Å². The molecule has 0 aliphatic carbocycles. The molecule has 0 unspecified atom stereocenters. The third-order valence-corrected chi connectivity index (χ3v) is 6.41. The average molecular weight is 556 g/mol. The maximum atomic E-state index is 13.3. The zero-order chi connectivity index (χ0) is 27.1. The molecular weight excluding hydrogens is 532 g/mol. The number of methoxy groups -OCH3 is 2. The number of carbonyl (C=O) groups is 1. The summed E-state index contributed by atoms with van der Waals surface area (Å²) in [6.07, 6.45) is 5.13. The van der Waals surface area contributed by atoms with Crippen LogP contribution in [-0.4, -0.2) is 30.2 Å². The molecule has 0 fully saturated rings. The number of nitrogens with zero attached hydrogens (tertiary/aromatic N) is 2. The molecule has 4 aromatic rings. The molecule has 0 amide bonds. The number of ether oxygens (including phenoxy) is 3. The number of hydrogen-bond acceptors (Lipinski definition) is 7. The van der Waals surface area contributed by atoms with Gasteiger partial charge in [-0.25, -0.2) is 9.18 Å². The number of pyridine rings is 2. The van der Waals surface area contributed by atoms with E-state index in [-0.39, 0.29) is 6.42 Å². The van der Waals surface area contributed by atoms with Gasteiger partial charge in [-0.15, -0.1) is 0 Å². The maximum Gasteiger partial charge on any atom is 0.338 e. The van der Waals surface area contributed by atoms with Crippen LogP contribution in [0.25, 0.3) is 0 Å². The molecule has 0 spiro atoms. The van der Waals surface area contributed by atoms with E-state index in [9.17, 15) is 9.18 Å². The van der Waals surface area contributed by atoms with Crippen molar-refractivity contribution >= 4 is 34.9 Å². The summed E-state index contributed by atoms with van der Waals surface area (Å²) in [5, 5.41) is 3.82. The molecule has 4 rings (SSSR count). The molecule has 1 atom stereocenters. The van der Waals surface area contributed by atoms with Gasteiger partial charge in [-0.1, -0.05) is 41.4 Å². The molecule has 1 N–H and O–H groups in total. The third-order valence-electron chi connectivity index (χ3n) is 5.76. The van der Waals surface area contributed by atoms with Gasteiger partial charge in [0.25, 0.3) is 0 Å². The standard InChI is InChI=1S/C28H24Cl2FN3O4/c1-36-25-8-7-19(9-27(25)37-2)26(11-22-23(29)15-33-16-24(22)30)38-28(35)18-5-3-17(4-6-18)12-34-21-10-20(31)13-32-14-21/h3-10,13-16,26,34H,11-12H2,1-2H3/t26-/m0/s1. The number of halogens is 3. The summed E-state index contributed by atoms with van der Waals surface area (Å²) >= 11 is 12.7. The van der Waals surface area contributed by atoms with Crippen molar-refractivity contribution in [2.45, 2.75) is 19.1 Å². The fourth-order valence-corrected chi connectivity index (χ4v) is 4.29. The highest BCUT2D eigenvalue weighted by Gasteiger charge is 2.23. The Morgan fingerprint density at radius 3 is 2.26 bits per heavy atom. The van der Waals surface area contributed by atoms with Crippen molar-refractivity contribution in [3.05, 3.63) is 111 Å². The molecule has 10 heteroatoms. The number of hydrogen-bond donors (Lipinski definition) is 1. The van der Waals surface area contributed by atoms with Crippen molar-refractivity contribution < 1.29 is 23.4 Å². The fourth-order valence-electron chi connectivity index (χ4n) is 3.77. The second-order valence-corrected chi connectivity index (χ2v) is 9.05. The topological polar surface area (TPSA) is 82.6 Å². The Morgan fingerprint density at radius 1 is 0.921 bits per heavy atom. The molecule has 0 aliphatic rings. The summed E-state index contributed by atoms with van der Waals surface area (Å²) in [7, 11) is 3.07. The van der Waals surface area contributed by atoms with E-state index in [1.54, 1.807) is 49.6 Å². The Morgan fingerprint density at radius 2 is 1.61 bits per heavy atom. The van der Waals surface area contributed by atoms with Crippen molar-refractivity contribution in [2.24, 2.45) is 0 Å². The van der Waals surface area contributed by atoms with E-state index < -0.39 is 17.9 Å². The van der Waals surface area contributed by atoms with Crippen LogP contribution in [0.4, 0.5) is 10.1 Å². The van der Waals surface area contributed by atoms with Crippen molar-refractivity contribution in [1.29, 1.82) is 0 Å². The lowest BCUT2D eigenvalue weighted by Crippen LogP contribution is -2.15. The van der Waals surface area contributed by atoms with E-state index in [0.29, 0.717) is 50.5 Å². The fraction of sp³-hybridized carbons (Fsp3) is 0.179. The van der Waals surface area contributed by atoms with Gasteiger partial charge < -0.3 is 19.5 Å². The van der Waals surface area contributed by atoms with Crippen LogP contribution in [0.1, 0.15) is 33.2 Å². The predicted molar refractivity (Wildman–Crippen MR) is 144 cm³/mol. The first-order valence-electron chi connectivity index (χ1n) is 11.5. The molecule has 2 heterocycles. The molecule has 7 nitrogen and oxygen atoms in total. The molecule has 0 aliphatic heterocycles. The van der Waals surface area contributed by atoms with Crippen LogP contribution < -0.4 is 14.8 Å². The number of aromatic nitrogens is 2. The van der Waals surface area contributed by atoms with Gasteiger partial charge in [0.05, 0.1) is 47.9 Å². The van der Waals surface area contributed by atoms with Crippen LogP contribution in [0.3, 0.4) is 0 Å². The number of benzene rings is 2. The van der Waals surface area contributed by atoms with Crippen LogP contribution >= 0.6 is 23.2 Å². The van der Waals surface area contributed by atoms with Gasteiger partial charge in [-0.05, 0) is 41.0 Å². The average Bonchev–Trinajstić information content (AvgIpc) is 2.93. The van der Waals surface area contributed by atoms with Crippen molar-refractivity contribution in [3.63, 3.8) is 0 Å². The first kappa shape index (κ1) is 27.2. The summed E-state index contributed by atoms with van der Waals surface area (Å²) in [6, 6.07) is 13.5. The first-order chi connectivity index (χ1) is 18.4. The highest BCUT2D eigenvalue weighted by Crippen LogP contribution is 2.35. The third kappa shape index (κ3) is 6.70. The van der Waals surface area contributed by atoms with E-state index in [1.165, 1.54) is 31.8 Å². The SMILES string of the molecule is COc1ccc([C@H](Cc2c(Cl)cncc2Cl)OC(=O)c2ccc(CNc3cncc(F)c3)cc2)cc1OC. The van der Waals surface area contributed by atoms with Gasteiger partial charge in [0.2, 0.25) is 0 Å². The predicted octanol–water partition coefficient (Wildman–Crippen LogP) is 6.69. The lowest BCUT2D eigenvalue weighted by Gasteiger charge is -2.21. The number of rotatable bonds is 10. The number of nitrogens with one attached hydrogen (secondary N) is 1. The molecule has 0 saturated heterocycles. The van der Waals surface area contributed by atoms with E-state index in [2.05, 4.69) is 15.3 Å². The summed E-state index contributed by atoms with van der Waals surface area (Å²) in [5.41, 5.74) is 3.07. The highest BCUT2D eigenvalue weighted by atomic mass is 35.5. The minimum Gasteiger partial charge on any atom is -0.493 e. The summed E-state index contributed by atoms with van der Waals surface area (Å²) < 4.78 is 30.1. The molecular formula is C28H24Cl2FN3O4. The second-order valence-electron chi connectivity index (χ2n) is 8.24. The minimum atomic E-state index is -0.735. The van der Waals surface area contributed by atoms with E-state index in [4.69, 9.17) is 37.4 Å². The van der Waals surface area contributed by atoms with Crippen LogP contribution in [0.5, 0.6) is 11.5 Å². The highest BCUT2D eigenvalue weighted by molar-refractivity contribution is 6.35. The normalized spacial score (nSPS) is 11.5. The Bertz CT molecular complexity index is 1400. The Labute approximate surface area is 229 Å². The lowest BCUT2D eigenvalue weighted by atomic mass is 10.0. The zero-order valence-electron chi connectivity index (χ0n) is 20.6. The molecule has 2 aromatic heterocycles. The van der Waals surface area contributed by atoms with Crippen LogP contribution in [0.2, 0.25) is 10.0 Å². The van der Waals surface area contributed by atoms with Gasteiger partial charge in [0.1, 0.15) is 11.9 Å². The van der Waals surface area contributed by atoms with Gasteiger partial charge >= 0.3 is 5.97 Å². The number of esters is 1. The minimum absolute atomic E-state index is 0.213. The molecule has 196 valence electrons. The van der Waals surface area contributed by atoms with Crippen molar-refractivity contribution in [2.75, 3.05) is 19.5 Å². The van der Waals surface area contributed by atoms with Crippen molar-refractivity contribution in [1.82, 2.24) is 9.97 Å². The summed E-state index contributed by atoms with van der Waals surface area (Å²) in [4.78, 5) is 21.0. The Balaban J connectivity index is 1.54. The van der Waals surface area contributed by atoms with Crippen LogP contribution in [0.15, 0.2) is 73.3 Å².